The second kappa shape index (κ2) is 6.03. The smallest absolute Gasteiger partial charge is 0.309 e. The fourth-order valence-electron chi connectivity index (χ4n) is 1.02. The Kier molecular flexibility index (Phi) is 4.99. The van der Waals surface area contributed by atoms with Gasteiger partial charge in [0.15, 0.2) is 0 Å². The maximum atomic E-state index is 11.1. The molecule has 0 spiro atoms. The number of methoxy groups -OCH3 is 1. The summed E-state index contributed by atoms with van der Waals surface area (Å²) in [6.07, 6.45) is 0. The number of carbonyl (C=O) groups is 1. The van der Waals surface area contributed by atoms with Crippen molar-refractivity contribution in [1.29, 1.82) is 0 Å². The van der Waals surface area contributed by atoms with Gasteiger partial charge in [0.1, 0.15) is 0 Å². The zero-order valence-electron chi connectivity index (χ0n) is 8.70. The first-order valence-corrected chi connectivity index (χ1v) is 5.96. The molecule has 0 heterocycles. The Bertz CT molecular complexity index is 324. The quantitative estimate of drug-likeness (QED) is 0.601. The van der Waals surface area contributed by atoms with Crippen molar-refractivity contribution in [2.24, 2.45) is 5.92 Å². The zero-order valence-corrected chi connectivity index (χ0v) is 10.3. The van der Waals surface area contributed by atoms with Crippen LogP contribution < -0.4 is 0 Å². The van der Waals surface area contributed by atoms with Gasteiger partial charge in [0.25, 0.3) is 0 Å². The normalized spacial score (nSPS) is 12.2. The number of ether oxygens (including phenoxy) is 1. The molecule has 0 saturated heterocycles. The van der Waals surface area contributed by atoms with Crippen LogP contribution in [-0.4, -0.2) is 18.8 Å². The minimum Gasteiger partial charge on any atom is -0.469 e. The summed E-state index contributed by atoms with van der Waals surface area (Å²) in [5, 5.41) is 0.723. The lowest BCUT2D eigenvalue weighted by Crippen LogP contribution is -2.14. The van der Waals surface area contributed by atoms with Gasteiger partial charge in [-0.1, -0.05) is 18.5 Å². The van der Waals surface area contributed by atoms with Crippen LogP contribution in [0.1, 0.15) is 6.92 Å². The monoisotopic (exact) mass is 244 g/mol. The highest BCUT2D eigenvalue weighted by atomic mass is 35.5. The van der Waals surface area contributed by atoms with E-state index in [0.717, 1.165) is 9.92 Å². The summed E-state index contributed by atoms with van der Waals surface area (Å²) in [6.45, 7) is 1.86. The van der Waals surface area contributed by atoms with Gasteiger partial charge >= 0.3 is 5.97 Å². The average Bonchev–Trinajstić information content (AvgIpc) is 2.26. The number of esters is 1. The van der Waals surface area contributed by atoms with Crippen LogP contribution in [-0.2, 0) is 9.53 Å². The van der Waals surface area contributed by atoms with Gasteiger partial charge in [0.05, 0.1) is 13.0 Å². The second-order valence-electron chi connectivity index (χ2n) is 3.19. The molecule has 0 N–H and O–H groups in total. The van der Waals surface area contributed by atoms with E-state index in [1.165, 1.54) is 7.11 Å². The van der Waals surface area contributed by atoms with Crippen LogP contribution in [0.3, 0.4) is 0 Å². The highest BCUT2D eigenvalue weighted by Crippen LogP contribution is 2.22. The summed E-state index contributed by atoms with van der Waals surface area (Å²) in [4.78, 5) is 12.2. The number of rotatable bonds is 4. The Morgan fingerprint density at radius 1 is 1.47 bits per heavy atom. The van der Waals surface area contributed by atoms with E-state index in [4.69, 9.17) is 11.6 Å². The molecule has 82 valence electrons. The first kappa shape index (κ1) is 12.4. The maximum Gasteiger partial charge on any atom is 0.309 e. The molecule has 0 aliphatic rings. The van der Waals surface area contributed by atoms with Crippen LogP contribution >= 0.6 is 23.4 Å². The molecular weight excluding hydrogens is 232 g/mol. The summed E-state index contributed by atoms with van der Waals surface area (Å²) < 4.78 is 4.65. The predicted molar refractivity (Wildman–Crippen MR) is 63.4 cm³/mol. The molecule has 1 rings (SSSR count). The van der Waals surface area contributed by atoms with Crippen LogP contribution in [0.4, 0.5) is 0 Å². The van der Waals surface area contributed by atoms with E-state index in [0.29, 0.717) is 5.75 Å². The molecule has 0 aliphatic carbocycles. The van der Waals surface area contributed by atoms with Crippen LogP contribution in [0, 0.1) is 5.92 Å². The Hall–Kier alpha value is -0.670. The van der Waals surface area contributed by atoms with Gasteiger partial charge in [0, 0.05) is 15.7 Å². The number of benzene rings is 1. The highest BCUT2D eigenvalue weighted by molar-refractivity contribution is 7.99. The van der Waals surface area contributed by atoms with Crippen LogP contribution in [0.5, 0.6) is 0 Å². The SMILES string of the molecule is COC(=O)C(C)CSc1ccc(Cl)cc1. The number of thioether (sulfide) groups is 1. The Morgan fingerprint density at radius 2 is 2.07 bits per heavy atom. The largest absolute Gasteiger partial charge is 0.469 e. The maximum absolute atomic E-state index is 11.1. The zero-order chi connectivity index (χ0) is 11.3. The van der Waals surface area contributed by atoms with Gasteiger partial charge in [-0.05, 0) is 24.3 Å². The molecule has 1 aromatic carbocycles. The molecule has 0 aromatic heterocycles. The number of hydrogen-bond acceptors (Lipinski definition) is 3. The summed E-state index contributed by atoms with van der Waals surface area (Å²) in [6, 6.07) is 7.56. The fourth-order valence-corrected chi connectivity index (χ4v) is 2.05. The Labute approximate surface area is 99.0 Å². The minimum absolute atomic E-state index is 0.0873. The highest BCUT2D eigenvalue weighted by Gasteiger charge is 2.12. The first-order valence-electron chi connectivity index (χ1n) is 4.59. The van der Waals surface area contributed by atoms with Gasteiger partial charge < -0.3 is 4.74 Å². The van der Waals surface area contributed by atoms with Crippen molar-refractivity contribution in [1.82, 2.24) is 0 Å². The molecule has 1 unspecified atom stereocenters. The minimum atomic E-state index is -0.170. The fraction of sp³-hybridized carbons (Fsp3) is 0.364. The Balaban J connectivity index is 2.43. The first-order chi connectivity index (χ1) is 7.13. The molecule has 0 fully saturated rings. The van der Waals surface area contributed by atoms with Crippen molar-refractivity contribution >= 4 is 29.3 Å². The van der Waals surface area contributed by atoms with E-state index in [9.17, 15) is 4.79 Å². The molecule has 15 heavy (non-hydrogen) atoms. The van der Waals surface area contributed by atoms with Crippen molar-refractivity contribution in [2.75, 3.05) is 12.9 Å². The van der Waals surface area contributed by atoms with Crippen molar-refractivity contribution < 1.29 is 9.53 Å². The van der Waals surface area contributed by atoms with Crippen molar-refractivity contribution in [2.45, 2.75) is 11.8 Å². The van der Waals surface area contributed by atoms with Gasteiger partial charge in [-0.2, -0.15) is 0 Å². The molecule has 0 bridgehead atoms. The summed E-state index contributed by atoms with van der Waals surface area (Å²) in [7, 11) is 1.41. The predicted octanol–water partition coefficient (Wildman–Crippen LogP) is 3.24. The standard InChI is InChI=1S/C11H13ClO2S/c1-8(11(13)14-2)7-15-10-5-3-9(12)4-6-10/h3-6,8H,7H2,1-2H3. The number of carbonyl (C=O) groups excluding carboxylic acids is 1. The van der Waals surface area contributed by atoms with Crippen LogP contribution in [0.2, 0.25) is 5.02 Å². The topological polar surface area (TPSA) is 26.3 Å². The van der Waals surface area contributed by atoms with E-state index < -0.39 is 0 Å². The molecule has 0 radical (unpaired) electrons. The van der Waals surface area contributed by atoms with Crippen molar-refractivity contribution in [3.63, 3.8) is 0 Å². The summed E-state index contributed by atoms with van der Waals surface area (Å²) in [5.41, 5.74) is 0. The molecular formula is C11H13ClO2S. The van der Waals surface area contributed by atoms with Gasteiger partial charge in [0.2, 0.25) is 0 Å². The lowest BCUT2D eigenvalue weighted by Gasteiger charge is -2.08. The summed E-state index contributed by atoms with van der Waals surface area (Å²) in [5.74, 6) is 0.459. The third-order valence-electron chi connectivity index (χ3n) is 1.92. The van der Waals surface area contributed by atoms with E-state index in [2.05, 4.69) is 4.74 Å². The lowest BCUT2D eigenvalue weighted by atomic mass is 10.2. The second-order valence-corrected chi connectivity index (χ2v) is 4.72. The van der Waals surface area contributed by atoms with Gasteiger partial charge in [-0.3, -0.25) is 4.79 Å². The third kappa shape index (κ3) is 4.14. The van der Waals surface area contributed by atoms with E-state index >= 15 is 0 Å². The van der Waals surface area contributed by atoms with Gasteiger partial charge in [-0.15, -0.1) is 11.8 Å². The number of hydrogen-bond donors (Lipinski definition) is 0. The molecule has 2 nitrogen and oxygen atoms in total. The average molecular weight is 245 g/mol. The summed E-state index contributed by atoms with van der Waals surface area (Å²) >= 11 is 7.39. The molecule has 1 atom stereocenters. The third-order valence-corrected chi connectivity index (χ3v) is 3.44. The molecule has 0 saturated carbocycles. The molecule has 0 amide bonds. The number of halogens is 1. The molecule has 4 heteroatoms. The van der Waals surface area contributed by atoms with Crippen LogP contribution in [0.15, 0.2) is 29.2 Å². The van der Waals surface area contributed by atoms with Crippen LogP contribution in [0.25, 0.3) is 0 Å². The van der Waals surface area contributed by atoms with E-state index in [1.54, 1.807) is 11.8 Å². The molecule has 0 aliphatic heterocycles. The van der Waals surface area contributed by atoms with Crippen molar-refractivity contribution in [3.05, 3.63) is 29.3 Å². The molecule has 1 aromatic rings. The Morgan fingerprint density at radius 3 is 2.60 bits per heavy atom. The van der Waals surface area contributed by atoms with Gasteiger partial charge in [-0.25, -0.2) is 0 Å². The van der Waals surface area contributed by atoms with Crippen molar-refractivity contribution in [3.8, 4) is 0 Å². The van der Waals surface area contributed by atoms with E-state index in [-0.39, 0.29) is 11.9 Å². The van der Waals surface area contributed by atoms with E-state index in [1.807, 2.05) is 31.2 Å². The lowest BCUT2D eigenvalue weighted by molar-refractivity contribution is -0.143.